The second-order valence-corrected chi connectivity index (χ2v) is 8.27. The molecular weight excluding hydrogens is 332 g/mol. The van der Waals surface area contributed by atoms with Crippen LogP contribution < -0.4 is 0 Å². The van der Waals surface area contributed by atoms with Crippen LogP contribution in [0, 0.1) is 0 Å². The highest BCUT2D eigenvalue weighted by Gasteiger charge is 2.33. The molecule has 0 radical (unpaired) electrons. The Hall–Kier alpha value is -2.01. The maximum atomic E-state index is 12.4. The van der Waals surface area contributed by atoms with Crippen molar-refractivity contribution >= 4 is 17.9 Å². The average molecular weight is 356 g/mol. The maximum Gasteiger partial charge on any atom is 0.410 e. The predicted octanol–water partition coefficient (Wildman–Crippen LogP) is 5.30. The number of carbonyl (C=O) groups is 1. The fourth-order valence-corrected chi connectivity index (χ4v) is 3.69. The lowest BCUT2D eigenvalue weighted by Gasteiger charge is -2.28. The summed E-state index contributed by atoms with van der Waals surface area (Å²) in [6.45, 7) is 6.42. The number of amides is 1. The van der Waals surface area contributed by atoms with Crippen molar-refractivity contribution in [2.45, 2.75) is 55.2 Å². The minimum Gasteiger partial charge on any atom is -0.444 e. The molecule has 0 N–H and O–H groups in total. The topological polar surface area (TPSA) is 42.4 Å². The van der Waals surface area contributed by atoms with Gasteiger partial charge in [0.25, 0.3) is 0 Å². The van der Waals surface area contributed by atoms with Crippen LogP contribution in [0.2, 0.25) is 0 Å². The molecule has 1 aliphatic rings. The number of pyridine rings is 1. The van der Waals surface area contributed by atoms with E-state index in [1.54, 1.807) is 11.8 Å². The number of aromatic nitrogens is 1. The summed E-state index contributed by atoms with van der Waals surface area (Å²) in [4.78, 5) is 20.0. The molecule has 1 saturated heterocycles. The Labute approximate surface area is 153 Å². The molecule has 1 aromatic carbocycles. The van der Waals surface area contributed by atoms with Gasteiger partial charge in [0.1, 0.15) is 10.6 Å². The van der Waals surface area contributed by atoms with E-state index in [9.17, 15) is 4.79 Å². The van der Waals surface area contributed by atoms with E-state index >= 15 is 0 Å². The van der Waals surface area contributed by atoms with E-state index in [0.29, 0.717) is 0 Å². The van der Waals surface area contributed by atoms with Crippen molar-refractivity contribution in [1.82, 2.24) is 9.88 Å². The number of benzene rings is 1. The van der Waals surface area contributed by atoms with E-state index in [4.69, 9.17) is 4.74 Å². The predicted molar refractivity (Wildman–Crippen MR) is 99.7 cm³/mol. The lowest BCUT2D eigenvalue weighted by Crippen LogP contribution is -2.36. The minimum absolute atomic E-state index is 0.0538. The minimum atomic E-state index is -0.474. The monoisotopic (exact) mass is 356 g/mol. The van der Waals surface area contributed by atoms with Crippen molar-refractivity contribution in [3.8, 4) is 0 Å². The molecule has 1 fully saturated rings. The van der Waals surface area contributed by atoms with Gasteiger partial charge in [-0.1, -0.05) is 36.0 Å². The van der Waals surface area contributed by atoms with Crippen LogP contribution in [0.3, 0.4) is 0 Å². The molecule has 25 heavy (non-hydrogen) atoms. The van der Waals surface area contributed by atoms with Gasteiger partial charge in [0, 0.05) is 17.6 Å². The van der Waals surface area contributed by atoms with Crippen molar-refractivity contribution in [2.75, 3.05) is 6.54 Å². The van der Waals surface area contributed by atoms with Crippen molar-refractivity contribution in [3.05, 3.63) is 54.2 Å². The summed E-state index contributed by atoms with van der Waals surface area (Å²) < 4.78 is 5.54. The number of likely N-dealkylation sites (tertiary alicyclic amines) is 1. The number of hydrogen-bond acceptors (Lipinski definition) is 4. The van der Waals surface area contributed by atoms with E-state index in [1.807, 2.05) is 56.1 Å². The van der Waals surface area contributed by atoms with Crippen LogP contribution in [0.5, 0.6) is 0 Å². The molecule has 0 aliphatic carbocycles. The first-order valence-electron chi connectivity index (χ1n) is 8.61. The van der Waals surface area contributed by atoms with E-state index < -0.39 is 5.60 Å². The number of ether oxygens (including phenoxy) is 1. The van der Waals surface area contributed by atoms with Gasteiger partial charge in [-0.25, -0.2) is 9.78 Å². The SMILES string of the molecule is CC(C)(C)OC(=O)N1CCC[C@H]1c1ccc(Sc2ccccc2)nc1. The number of nitrogens with zero attached hydrogens (tertiary/aromatic N) is 2. The average Bonchev–Trinajstić information content (AvgIpc) is 3.05. The molecule has 3 rings (SSSR count). The highest BCUT2D eigenvalue weighted by molar-refractivity contribution is 7.99. The van der Waals surface area contributed by atoms with Crippen LogP contribution >= 0.6 is 11.8 Å². The Morgan fingerprint density at radius 3 is 2.60 bits per heavy atom. The van der Waals surface area contributed by atoms with Crippen LogP contribution in [0.4, 0.5) is 4.79 Å². The molecule has 0 saturated carbocycles. The molecule has 5 heteroatoms. The van der Waals surface area contributed by atoms with Gasteiger partial charge in [-0.15, -0.1) is 0 Å². The van der Waals surface area contributed by atoms with Crippen LogP contribution in [0.1, 0.15) is 45.2 Å². The molecule has 0 spiro atoms. The smallest absolute Gasteiger partial charge is 0.410 e. The summed E-state index contributed by atoms with van der Waals surface area (Å²) >= 11 is 1.64. The molecule has 1 amide bonds. The zero-order valence-electron chi connectivity index (χ0n) is 14.9. The van der Waals surface area contributed by atoms with Gasteiger partial charge < -0.3 is 9.64 Å². The van der Waals surface area contributed by atoms with Crippen LogP contribution in [-0.4, -0.2) is 28.1 Å². The van der Waals surface area contributed by atoms with E-state index in [0.717, 1.165) is 30.0 Å². The number of carbonyl (C=O) groups excluding carboxylic acids is 1. The van der Waals surface area contributed by atoms with Gasteiger partial charge in [0.2, 0.25) is 0 Å². The first-order valence-corrected chi connectivity index (χ1v) is 9.42. The third-order valence-corrected chi connectivity index (χ3v) is 4.95. The van der Waals surface area contributed by atoms with E-state index in [-0.39, 0.29) is 12.1 Å². The Morgan fingerprint density at radius 1 is 1.20 bits per heavy atom. The molecule has 132 valence electrons. The number of rotatable bonds is 3. The highest BCUT2D eigenvalue weighted by Crippen LogP contribution is 2.34. The molecule has 2 aromatic rings. The molecule has 0 unspecified atom stereocenters. The lowest BCUT2D eigenvalue weighted by molar-refractivity contribution is 0.0224. The van der Waals surface area contributed by atoms with Crippen LogP contribution in [-0.2, 0) is 4.74 Å². The fourth-order valence-electron chi connectivity index (χ4n) is 2.91. The lowest BCUT2D eigenvalue weighted by atomic mass is 10.1. The Bertz CT molecular complexity index is 711. The van der Waals surface area contributed by atoms with Gasteiger partial charge in [-0.05, 0) is 57.4 Å². The largest absolute Gasteiger partial charge is 0.444 e. The van der Waals surface area contributed by atoms with Crippen LogP contribution in [0.25, 0.3) is 0 Å². The standard InChI is InChI=1S/C20H24N2O2S/c1-20(2,3)24-19(23)22-13-7-10-17(22)15-11-12-18(21-14-15)25-16-8-5-4-6-9-16/h4-6,8-9,11-12,14,17H,7,10,13H2,1-3H3/t17-/m0/s1. The van der Waals surface area contributed by atoms with Crippen molar-refractivity contribution < 1.29 is 9.53 Å². The summed E-state index contributed by atoms with van der Waals surface area (Å²) in [5.41, 5.74) is 0.597. The van der Waals surface area contributed by atoms with Gasteiger partial charge in [-0.3, -0.25) is 0 Å². The van der Waals surface area contributed by atoms with Gasteiger partial charge >= 0.3 is 6.09 Å². The molecule has 2 heterocycles. The van der Waals surface area contributed by atoms with Crippen molar-refractivity contribution in [1.29, 1.82) is 0 Å². The molecule has 0 bridgehead atoms. The third-order valence-electron chi connectivity index (χ3n) is 3.99. The Balaban J connectivity index is 1.69. The number of hydrogen-bond donors (Lipinski definition) is 0. The third kappa shape index (κ3) is 4.75. The maximum absolute atomic E-state index is 12.4. The fraction of sp³-hybridized carbons (Fsp3) is 0.400. The second-order valence-electron chi connectivity index (χ2n) is 7.18. The molecule has 1 atom stereocenters. The van der Waals surface area contributed by atoms with Gasteiger partial charge in [0.15, 0.2) is 0 Å². The molecule has 1 aliphatic heterocycles. The van der Waals surface area contributed by atoms with Crippen molar-refractivity contribution in [2.24, 2.45) is 0 Å². The van der Waals surface area contributed by atoms with Gasteiger partial charge in [-0.2, -0.15) is 0 Å². The Kier molecular flexibility index (Phi) is 5.33. The highest BCUT2D eigenvalue weighted by atomic mass is 32.2. The summed E-state index contributed by atoms with van der Waals surface area (Å²) in [6, 6.07) is 14.3. The summed E-state index contributed by atoms with van der Waals surface area (Å²) in [6.07, 6.45) is 3.59. The van der Waals surface area contributed by atoms with E-state index in [1.165, 1.54) is 4.90 Å². The normalized spacial score (nSPS) is 17.6. The van der Waals surface area contributed by atoms with Gasteiger partial charge in [0.05, 0.1) is 6.04 Å². The van der Waals surface area contributed by atoms with Crippen molar-refractivity contribution in [3.63, 3.8) is 0 Å². The second kappa shape index (κ2) is 7.48. The zero-order valence-corrected chi connectivity index (χ0v) is 15.8. The van der Waals surface area contributed by atoms with Crippen LogP contribution in [0.15, 0.2) is 58.6 Å². The Morgan fingerprint density at radius 2 is 1.96 bits per heavy atom. The first-order chi connectivity index (χ1) is 11.9. The summed E-state index contributed by atoms with van der Waals surface area (Å²) in [5.74, 6) is 0. The summed E-state index contributed by atoms with van der Waals surface area (Å²) in [7, 11) is 0. The molecular formula is C20H24N2O2S. The zero-order chi connectivity index (χ0) is 17.9. The summed E-state index contributed by atoms with van der Waals surface area (Å²) in [5, 5.41) is 0.955. The molecule has 1 aromatic heterocycles. The van der Waals surface area contributed by atoms with E-state index in [2.05, 4.69) is 23.2 Å². The molecule has 4 nitrogen and oxygen atoms in total. The quantitative estimate of drug-likeness (QED) is 0.748. The first kappa shape index (κ1) is 17.8.